The summed E-state index contributed by atoms with van der Waals surface area (Å²) in [6, 6.07) is 0. The van der Waals surface area contributed by atoms with Gasteiger partial charge >= 0.3 is 5.69 Å². The molecule has 2 saturated carbocycles. The van der Waals surface area contributed by atoms with Crippen molar-refractivity contribution in [3.63, 3.8) is 0 Å². The van der Waals surface area contributed by atoms with Gasteiger partial charge in [0.15, 0.2) is 0 Å². The molecule has 0 aliphatic heterocycles. The Hall–Kier alpha value is -1.92. The van der Waals surface area contributed by atoms with E-state index in [9.17, 15) is 10.1 Å². The van der Waals surface area contributed by atoms with Gasteiger partial charge in [-0.05, 0) is 43.9 Å². The topological polar surface area (TPSA) is 107 Å². The molecule has 0 unspecified atom stereocenters. The molecule has 7 nitrogen and oxygen atoms in total. The Balaban J connectivity index is 1.81. The number of rotatable bonds is 5. The van der Waals surface area contributed by atoms with Crippen LogP contribution in [0.25, 0.3) is 0 Å². The summed E-state index contributed by atoms with van der Waals surface area (Å²) in [5.41, 5.74) is 6.15. The van der Waals surface area contributed by atoms with Gasteiger partial charge < -0.3 is 11.1 Å². The zero-order chi connectivity index (χ0) is 13.6. The molecule has 3 rings (SSSR count). The van der Waals surface area contributed by atoms with Crippen molar-refractivity contribution >= 4 is 17.5 Å². The van der Waals surface area contributed by atoms with Gasteiger partial charge in [-0.1, -0.05) is 0 Å². The van der Waals surface area contributed by atoms with Crippen LogP contribution in [0.2, 0.25) is 0 Å². The summed E-state index contributed by atoms with van der Waals surface area (Å²) in [4.78, 5) is 18.5. The molecule has 0 spiro atoms. The van der Waals surface area contributed by atoms with Crippen molar-refractivity contribution in [1.82, 2.24) is 9.97 Å². The first-order valence-corrected chi connectivity index (χ1v) is 6.54. The summed E-state index contributed by atoms with van der Waals surface area (Å²) < 4.78 is 0. The molecule has 0 bridgehead atoms. The Kier molecular flexibility index (Phi) is 2.58. The van der Waals surface area contributed by atoms with E-state index in [4.69, 9.17) is 5.73 Å². The molecule has 0 atom stereocenters. The number of nitrogens with one attached hydrogen (secondary N) is 1. The molecule has 0 aromatic carbocycles. The first kappa shape index (κ1) is 12.1. The fourth-order valence-corrected chi connectivity index (χ4v) is 2.78. The summed E-state index contributed by atoms with van der Waals surface area (Å²) in [7, 11) is 0. The van der Waals surface area contributed by atoms with Crippen LogP contribution >= 0.6 is 0 Å². The van der Waals surface area contributed by atoms with E-state index in [1.54, 1.807) is 6.92 Å². The highest BCUT2D eigenvalue weighted by atomic mass is 16.6. The van der Waals surface area contributed by atoms with Crippen molar-refractivity contribution < 1.29 is 4.92 Å². The van der Waals surface area contributed by atoms with Crippen molar-refractivity contribution in [3.8, 4) is 0 Å². The van der Waals surface area contributed by atoms with E-state index in [1.165, 1.54) is 25.7 Å². The maximum Gasteiger partial charge on any atom is 0.332 e. The Morgan fingerprint density at radius 2 is 2.16 bits per heavy atom. The van der Waals surface area contributed by atoms with Gasteiger partial charge in [0.1, 0.15) is 5.69 Å². The quantitative estimate of drug-likeness (QED) is 0.620. The van der Waals surface area contributed by atoms with Crippen LogP contribution in [0, 0.1) is 28.4 Å². The molecular formula is C12H17N5O2. The highest BCUT2D eigenvalue weighted by Gasteiger charge is 2.53. The average Bonchev–Trinajstić information content (AvgIpc) is 3.17. The lowest BCUT2D eigenvalue weighted by molar-refractivity contribution is -0.385. The van der Waals surface area contributed by atoms with Gasteiger partial charge in [-0.3, -0.25) is 10.1 Å². The molecule has 7 heteroatoms. The van der Waals surface area contributed by atoms with Gasteiger partial charge in [0.25, 0.3) is 0 Å². The molecule has 1 aromatic heterocycles. The van der Waals surface area contributed by atoms with Crippen LogP contribution in [0.4, 0.5) is 17.5 Å². The molecule has 1 heterocycles. The zero-order valence-electron chi connectivity index (χ0n) is 10.8. The minimum atomic E-state index is -0.451. The molecular weight excluding hydrogens is 246 g/mol. The second kappa shape index (κ2) is 4.04. The maximum atomic E-state index is 11.1. The summed E-state index contributed by atoms with van der Waals surface area (Å²) in [5, 5.41) is 14.2. The average molecular weight is 263 g/mol. The number of hydrogen-bond donors (Lipinski definition) is 2. The minimum absolute atomic E-state index is 0.0687. The Labute approximate surface area is 110 Å². The first-order chi connectivity index (χ1) is 9.02. The zero-order valence-corrected chi connectivity index (χ0v) is 10.8. The van der Waals surface area contributed by atoms with Crippen molar-refractivity contribution in [2.45, 2.75) is 32.6 Å². The summed E-state index contributed by atoms with van der Waals surface area (Å²) in [6.45, 7) is 2.32. The van der Waals surface area contributed by atoms with Crippen molar-refractivity contribution in [3.05, 3.63) is 15.8 Å². The number of anilines is 2. The van der Waals surface area contributed by atoms with Gasteiger partial charge in [-0.2, -0.15) is 4.98 Å². The second-order valence-corrected chi connectivity index (χ2v) is 5.61. The number of hydrogen-bond acceptors (Lipinski definition) is 6. The predicted molar refractivity (Wildman–Crippen MR) is 70.7 cm³/mol. The lowest BCUT2D eigenvalue weighted by Gasteiger charge is -2.15. The second-order valence-electron chi connectivity index (χ2n) is 5.61. The monoisotopic (exact) mass is 263 g/mol. The predicted octanol–water partition coefficient (Wildman–Crippen LogP) is 1.88. The number of nitro groups is 1. The van der Waals surface area contributed by atoms with Crippen LogP contribution in [0.1, 0.15) is 31.4 Å². The highest BCUT2D eigenvalue weighted by molar-refractivity contribution is 5.60. The third-order valence-corrected chi connectivity index (χ3v) is 4.20. The molecule has 0 amide bonds. The minimum Gasteiger partial charge on any atom is -0.368 e. The SMILES string of the molecule is Cc1nc(N)nc(NCC2(C3CC3)CC2)c1[N+](=O)[O-]. The third-order valence-electron chi connectivity index (χ3n) is 4.20. The van der Waals surface area contributed by atoms with Crippen LogP contribution in [-0.2, 0) is 0 Å². The number of nitrogens with zero attached hydrogens (tertiary/aromatic N) is 3. The van der Waals surface area contributed by atoms with Gasteiger partial charge in [0.05, 0.1) is 4.92 Å². The number of nitrogen functional groups attached to an aromatic ring is 1. The van der Waals surface area contributed by atoms with Crippen LogP contribution < -0.4 is 11.1 Å². The van der Waals surface area contributed by atoms with Gasteiger partial charge in [0, 0.05) is 6.54 Å². The summed E-state index contributed by atoms with van der Waals surface area (Å²) in [6.07, 6.45) is 4.99. The molecule has 2 aliphatic rings. The van der Waals surface area contributed by atoms with E-state index < -0.39 is 4.92 Å². The Morgan fingerprint density at radius 1 is 1.47 bits per heavy atom. The van der Waals surface area contributed by atoms with E-state index in [0.717, 1.165) is 12.5 Å². The molecule has 2 aliphatic carbocycles. The van der Waals surface area contributed by atoms with Gasteiger partial charge in [-0.15, -0.1) is 0 Å². The fourth-order valence-electron chi connectivity index (χ4n) is 2.78. The molecule has 102 valence electrons. The van der Waals surface area contributed by atoms with Crippen molar-refractivity contribution in [2.75, 3.05) is 17.6 Å². The normalized spacial score (nSPS) is 20.1. The largest absolute Gasteiger partial charge is 0.368 e. The van der Waals surface area contributed by atoms with Crippen molar-refractivity contribution in [1.29, 1.82) is 0 Å². The molecule has 19 heavy (non-hydrogen) atoms. The first-order valence-electron chi connectivity index (χ1n) is 6.54. The lowest BCUT2D eigenvalue weighted by atomic mass is 10.0. The number of aromatic nitrogens is 2. The third kappa shape index (κ3) is 2.20. The standard InChI is InChI=1S/C12H17N5O2/c1-7-9(17(18)19)10(16-11(13)15-7)14-6-12(4-5-12)8-2-3-8/h8H,2-6H2,1H3,(H3,13,14,15,16). The lowest BCUT2D eigenvalue weighted by Crippen LogP contribution is -2.19. The molecule has 0 saturated heterocycles. The van der Waals surface area contributed by atoms with Gasteiger partial charge in [0.2, 0.25) is 11.8 Å². The molecule has 3 N–H and O–H groups in total. The van der Waals surface area contributed by atoms with E-state index in [1.807, 2.05) is 0 Å². The number of aryl methyl sites for hydroxylation is 1. The highest BCUT2D eigenvalue weighted by Crippen LogP contribution is 2.61. The van der Waals surface area contributed by atoms with Crippen molar-refractivity contribution in [2.24, 2.45) is 11.3 Å². The van der Waals surface area contributed by atoms with Crippen LogP contribution in [0.15, 0.2) is 0 Å². The summed E-state index contributed by atoms with van der Waals surface area (Å²) in [5.74, 6) is 1.11. The smallest absolute Gasteiger partial charge is 0.332 e. The van der Waals surface area contributed by atoms with E-state index in [2.05, 4.69) is 15.3 Å². The Morgan fingerprint density at radius 3 is 2.68 bits per heavy atom. The Bertz CT molecular complexity index is 537. The fraction of sp³-hybridized carbons (Fsp3) is 0.667. The van der Waals surface area contributed by atoms with Crippen LogP contribution in [0.3, 0.4) is 0 Å². The maximum absolute atomic E-state index is 11.1. The van der Waals surface area contributed by atoms with E-state index in [-0.39, 0.29) is 17.5 Å². The summed E-state index contributed by atoms with van der Waals surface area (Å²) >= 11 is 0. The molecule has 2 fully saturated rings. The molecule has 1 aromatic rings. The van der Waals surface area contributed by atoms with E-state index >= 15 is 0 Å². The van der Waals surface area contributed by atoms with E-state index in [0.29, 0.717) is 11.1 Å². The van der Waals surface area contributed by atoms with Crippen LogP contribution in [-0.4, -0.2) is 21.4 Å². The molecule has 0 radical (unpaired) electrons. The van der Waals surface area contributed by atoms with Gasteiger partial charge in [-0.25, -0.2) is 4.98 Å². The number of nitrogens with two attached hydrogens (primary N) is 1. The van der Waals surface area contributed by atoms with Crippen LogP contribution in [0.5, 0.6) is 0 Å².